The smallest absolute Gasteiger partial charge is 0.193 e. The molecule has 1 aromatic rings. The van der Waals surface area contributed by atoms with Crippen molar-refractivity contribution >= 4 is 34.8 Å². The van der Waals surface area contributed by atoms with Crippen molar-refractivity contribution < 1.29 is 24.8 Å². The number of quaternary nitrogens is 1. The summed E-state index contributed by atoms with van der Waals surface area (Å²) in [5.41, 5.74) is 0. The molecule has 0 unspecified atom stereocenters. The number of rotatable bonds is 8. The zero-order valence-electron chi connectivity index (χ0n) is 10.7. The van der Waals surface area contributed by atoms with Crippen LogP contribution in [0.1, 0.15) is 0 Å². The Kier molecular flexibility index (Phi) is 7.33. The van der Waals surface area contributed by atoms with E-state index in [0.29, 0.717) is 5.75 Å². The van der Waals surface area contributed by atoms with Crippen molar-refractivity contribution in [2.24, 2.45) is 0 Å². The topological polar surface area (TPSA) is 69.9 Å². The fourth-order valence-electron chi connectivity index (χ4n) is 1.83. The van der Waals surface area contributed by atoms with Crippen molar-refractivity contribution in [1.29, 1.82) is 0 Å². The van der Waals surface area contributed by atoms with Crippen LogP contribution in [-0.4, -0.2) is 59.4 Å². The van der Waals surface area contributed by atoms with Gasteiger partial charge >= 0.3 is 0 Å². The molecule has 0 saturated heterocycles. The normalized spacial score (nSPS) is 11.7. The lowest BCUT2D eigenvalue weighted by molar-refractivity contribution is -1.08. The Balaban J connectivity index is 3.04. The fourth-order valence-corrected chi connectivity index (χ4v) is 2.40. The molecule has 1 rings (SSSR count). The molecule has 8 heteroatoms. The van der Waals surface area contributed by atoms with Crippen LogP contribution < -0.4 is 4.84 Å². The highest BCUT2D eigenvalue weighted by molar-refractivity contribution is 6.48. The summed E-state index contributed by atoms with van der Waals surface area (Å²) in [6.07, 6.45) is 0. The second kappa shape index (κ2) is 8.24. The molecule has 0 atom stereocenters. The quantitative estimate of drug-likeness (QED) is 0.381. The second-order valence-electron chi connectivity index (χ2n) is 4.19. The molecule has 0 aliphatic carbocycles. The number of benzene rings is 1. The minimum absolute atomic E-state index is 0.141. The summed E-state index contributed by atoms with van der Waals surface area (Å²) in [6.45, 7) is 0.149. The highest BCUT2D eigenvalue weighted by Crippen LogP contribution is 2.35. The average molecular weight is 346 g/mol. The number of hydroxylamine groups is 3. The predicted octanol–water partition coefficient (Wildman–Crippen LogP) is 1.73. The molecule has 0 spiro atoms. The maximum atomic E-state index is 9.15. The van der Waals surface area contributed by atoms with Gasteiger partial charge in [0.1, 0.15) is 19.6 Å². The van der Waals surface area contributed by atoms with Crippen LogP contribution in [0, 0.1) is 0 Å². The van der Waals surface area contributed by atoms with E-state index in [9.17, 15) is 0 Å². The van der Waals surface area contributed by atoms with Gasteiger partial charge in [-0.05, 0) is 0 Å². The van der Waals surface area contributed by atoms with Gasteiger partial charge < -0.3 is 20.2 Å². The lowest BCUT2D eigenvalue weighted by atomic mass is 10.3. The minimum Gasteiger partial charge on any atom is -0.390 e. The summed E-state index contributed by atoms with van der Waals surface area (Å²) >= 11 is 17.7. The average Bonchev–Trinajstić information content (AvgIpc) is 2.36. The van der Waals surface area contributed by atoms with E-state index >= 15 is 0 Å². The van der Waals surface area contributed by atoms with Crippen LogP contribution in [0.3, 0.4) is 0 Å². The predicted molar refractivity (Wildman–Crippen MR) is 78.2 cm³/mol. The first-order chi connectivity index (χ1) is 9.48. The largest absolute Gasteiger partial charge is 0.390 e. The third-order valence-corrected chi connectivity index (χ3v) is 3.98. The van der Waals surface area contributed by atoms with Crippen LogP contribution in [0.5, 0.6) is 5.75 Å². The molecule has 5 nitrogen and oxygen atoms in total. The molecule has 0 saturated carbocycles. The monoisotopic (exact) mass is 344 g/mol. The van der Waals surface area contributed by atoms with Crippen molar-refractivity contribution in [2.45, 2.75) is 0 Å². The number of hydrogen-bond acceptors (Lipinski definition) is 4. The molecule has 0 bridgehead atoms. The molecule has 3 N–H and O–H groups in total. The maximum Gasteiger partial charge on any atom is 0.193 e. The summed E-state index contributed by atoms with van der Waals surface area (Å²) in [5, 5.41) is 28.2. The standard InChI is InChI=1S/C12H17Cl3NO4/c13-10-7-9(8-11(14)12(10)15)20-16(1-4-17,2-5-18)3-6-19/h7-8,17-19H,1-6H2/q+1. The van der Waals surface area contributed by atoms with E-state index in [0.717, 1.165) is 0 Å². The maximum absolute atomic E-state index is 9.15. The van der Waals surface area contributed by atoms with Gasteiger partial charge in [0.25, 0.3) is 0 Å². The van der Waals surface area contributed by atoms with Crippen LogP contribution in [0.2, 0.25) is 15.1 Å². The van der Waals surface area contributed by atoms with Crippen LogP contribution in [0.25, 0.3) is 0 Å². The number of hydrogen-bond donors (Lipinski definition) is 3. The van der Waals surface area contributed by atoms with Gasteiger partial charge in [0.05, 0.1) is 34.9 Å². The van der Waals surface area contributed by atoms with Crippen LogP contribution >= 0.6 is 34.8 Å². The Labute approximate surface area is 132 Å². The van der Waals surface area contributed by atoms with Crippen LogP contribution in [0.4, 0.5) is 0 Å². The third-order valence-electron chi connectivity index (χ3n) is 2.78. The van der Waals surface area contributed by atoms with Gasteiger partial charge in [-0.1, -0.05) is 34.8 Å². The van der Waals surface area contributed by atoms with Crippen molar-refractivity contribution in [2.75, 3.05) is 39.5 Å². The van der Waals surface area contributed by atoms with Crippen molar-refractivity contribution in [3.8, 4) is 5.75 Å². The highest BCUT2D eigenvalue weighted by atomic mass is 35.5. The Bertz CT molecular complexity index is 405. The van der Waals surface area contributed by atoms with Gasteiger partial charge in [-0.2, -0.15) is 0 Å². The fraction of sp³-hybridized carbons (Fsp3) is 0.500. The minimum atomic E-state index is -0.158. The molecular formula is C12H17Cl3NO4+. The molecule has 1 aromatic carbocycles. The van der Waals surface area contributed by atoms with E-state index in [1.54, 1.807) is 0 Å². The van der Waals surface area contributed by atoms with Crippen molar-refractivity contribution in [3.05, 3.63) is 27.2 Å². The van der Waals surface area contributed by atoms with E-state index in [4.69, 9.17) is 55.0 Å². The summed E-state index contributed by atoms with van der Waals surface area (Å²) < 4.78 is -0.141. The zero-order chi connectivity index (χ0) is 15.2. The summed E-state index contributed by atoms with van der Waals surface area (Å²) in [7, 11) is 0. The van der Waals surface area contributed by atoms with Gasteiger partial charge in [-0.25, -0.2) is 0 Å². The van der Waals surface area contributed by atoms with Gasteiger partial charge in [0, 0.05) is 12.1 Å². The Hall–Kier alpha value is -0.270. The third kappa shape index (κ3) is 4.63. The summed E-state index contributed by atoms with van der Waals surface area (Å²) in [5.74, 6) is 0.347. The summed E-state index contributed by atoms with van der Waals surface area (Å²) in [6, 6.07) is 2.99. The van der Waals surface area contributed by atoms with Crippen molar-refractivity contribution in [1.82, 2.24) is 0 Å². The first-order valence-corrected chi connectivity index (χ1v) is 7.14. The SMILES string of the molecule is OCC[N+](CCO)(CCO)Oc1cc(Cl)c(Cl)c(Cl)c1. The summed E-state index contributed by atoms with van der Waals surface area (Å²) in [4.78, 5) is 5.77. The van der Waals surface area contributed by atoms with Crippen LogP contribution in [-0.2, 0) is 0 Å². The lowest BCUT2D eigenvalue weighted by Crippen LogP contribution is -2.55. The lowest BCUT2D eigenvalue weighted by Gasteiger charge is -2.34. The Morgan fingerprint density at radius 1 is 0.850 bits per heavy atom. The first-order valence-electron chi connectivity index (χ1n) is 6.01. The molecule has 0 aromatic heterocycles. The first kappa shape index (κ1) is 17.8. The van der Waals surface area contributed by atoms with Crippen molar-refractivity contribution in [3.63, 3.8) is 0 Å². The number of aliphatic hydroxyl groups is 3. The molecule has 0 heterocycles. The second-order valence-corrected chi connectivity index (χ2v) is 5.38. The molecular weight excluding hydrogens is 328 g/mol. The molecule has 114 valence electrons. The van der Waals surface area contributed by atoms with Gasteiger partial charge in [0.15, 0.2) is 5.75 Å². The molecule has 0 radical (unpaired) electrons. The zero-order valence-corrected chi connectivity index (χ0v) is 13.0. The van der Waals surface area contributed by atoms with E-state index in [1.807, 2.05) is 0 Å². The number of aliphatic hydroxyl groups excluding tert-OH is 3. The van der Waals surface area contributed by atoms with Gasteiger partial charge in [-0.3, -0.25) is 0 Å². The molecule has 0 amide bonds. The molecule has 0 fully saturated rings. The molecule has 20 heavy (non-hydrogen) atoms. The Morgan fingerprint density at radius 3 is 1.60 bits per heavy atom. The van der Waals surface area contributed by atoms with E-state index in [2.05, 4.69) is 0 Å². The van der Waals surface area contributed by atoms with Gasteiger partial charge in [0.2, 0.25) is 0 Å². The van der Waals surface area contributed by atoms with E-state index in [-0.39, 0.29) is 59.2 Å². The molecule has 0 aliphatic rings. The number of nitrogens with zero attached hydrogens (tertiary/aromatic N) is 1. The highest BCUT2D eigenvalue weighted by Gasteiger charge is 2.30. The van der Waals surface area contributed by atoms with Gasteiger partial charge in [-0.15, -0.1) is 4.65 Å². The molecule has 0 aliphatic heterocycles. The van der Waals surface area contributed by atoms with Crippen LogP contribution in [0.15, 0.2) is 12.1 Å². The van der Waals surface area contributed by atoms with E-state index < -0.39 is 0 Å². The number of halogens is 3. The van der Waals surface area contributed by atoms with E-state index in [1.165, 1.54) is 12.1 Å². The Morgan fingerprint density at radius 2 is 1.25 bits per heavy atom.